The lowest BCUT2D eigenvalue weighted by molar-refractivity contribution is -0.142. The van der Waals surface area contributed by atoms with Crippen molar-refractivity contribution >= 4 is 30.8 Å². The summed E-state index contributed by atoms with van der Waals surface area (Å²) in [5.41, 5.74) is -1.08. The minimum atomic E-state index is -2.72. The van der Waals surface area contributed by atoms with Crippen LogP contribution in [0.25, 0.3) is 0 Å². The Morgan fingerprint density at radius 3 is 1.86 bits per heavy atom. The van der Waals surface area contributed by atoms with Crippen molar-refractivity contribution in [2.24, 2.45) is 11.3 Å². The summed E-state index contributed by atoms with van der Waals surface area (Å²) in [4.78, 5) is 24.8. The molecule has 0 aliphatic carbocycles. The summed E-state index contributed by atoms with van der Waals surface area (Å²) in [7, 11) is -2.72. The van der Waals surface area contributed by atoms with Crippen LogP contribution in [-0.4, -0.2) is 54.9 Å². The van der Waals surface area contributed by atoms with E-state index in [9.17, 15) is 19.8 Å². The smallest absolute Gasteiger partial charge is 0.407 e. The molecule has 2 aromatic rings. The minimum Gasteiger partial charge on any atom is -0.481 e. The second-order valence-corrected chi connectivity index (χ2v) is 18.8. The van der Waals surface area contributed by atoms with Gasteiger partial charge in [-0.2, -0.15) is 0 Å². The van der Waals surface area contributed by atoms with Crippen LogP contribution in [0.4, 0.5) is 4.79 Å². The fourth-order valence-corrected chi connectivity index (χ4v) is 10.3. The van der Waals surface area contributed by atoms with E-state index in [4.69, 9.17) is 9.16 Å². The number of allylic oxidation sites excluding steroid dienone is 2. The van der Waals surface area contributed by atoms with Gasteiger partial charge in [0.25, 0.3) is 8.32 Å². The van der Waals surface area contributed by atoms with Crippen molar-refractivity contribution in [1.29, 1.82) is 0 Å². The van der Waals surface area contributed by atoms with Gasteiger partial charge < -0.3 is 24.7 Å². The summed E-state index contributed by atoms with van der Waals surface area (Å²) in [6, 6.07) is 20.3. The van der Waals surface area contributed by atoms with Crippen LogP contribution in [0.3, 0.4) is 0 Å². The Hall–Kier alpha value is -2.94. The lowest BCUT2D eigenvalue weighted by atomic mass is 9.80. The molecule has 44 heavy (non-hydrogen) atoms. The maximum atomic E-state index is 12.8. The Morgan fingerprint density at radius 2 is 1.43 bits per heavy atom. The van der Waals surface area contributed by atoms with Crippen molar-refractivity contribution in [3.8, 4) is 0 Å². The third-order valence-electron chi connectivity index (χ3n) is 7.98. The van der Waals surface area contributed by atoms with Crippen LogP contribution in [0, 0.1) is 11.3 Å². The van der Waals surface area contributed by atoms with E-state index in [1.807, 2.05) is 19.1 Å². The first kappa shape index (κ1) is 37.2. The first-order valence-corrected chi connectivity index (χ1v) is 17.6. The van der Waals surface area contributed by atoms with Crippen LogP contribution >= 0.6 is 0 Å². The molecule has 0 aliphatic rings. The molecular formula is C36H55NO6Si. The van der Waals surface area contributed by atoms with Gasteiger partial charge in [0, 0.05) is 6.61 Å². The Bertz CT molecular complexity index is 1160. The maximum Gasteiger partial charge on any atom is 0.407 e. The average Bonchev–Trinajstić information content (AvgIpc) is 2.92. The van der Waals surface area contributed by atoms with Crippen molar-refractivity contribution in [3.63, 3.8) is 0 Å². The van der Waals surface area contributed by atoms with Crippen LogP contribution in [0.5, 0.6) is 0 Å². The predicted octanol–water partition coefficient (Wildman–Crippen LogP) is 6.68. The molecule has 0 aromatic heterocycles. The first-order chi connectivity index (χ1) is 20.4. The molecule has 0 bridgehead atoms. The van der Waals surface area contributed by atoms with E-state index in [2.05, 4.69) is 88.5 Å². The molecule has 0 fully saturated rings. The van der Waals surface area contributed by atoms with E-state index in [1.165, 1.54) is 10.4 Å². The highest BCUT2D eigenvalue weighted by Crippen LogP contribution is 2.38. The van der Waals surface area contributed by atoms with Crippen molar-refractivity contribution in [3.05, 3.63) is 72.8 Å². The van der Waals surface area contributed by atoms with Gasteiger partial charge in [0.2, 0.25) is 0 Å². The maximum absolute atomic E-state index is 12.8. The van der Waals surface area contributed by atoms with Gasteiger partial charge in [-0.1, -0.05) is 107 Å². The molecule has 2 rings (SSSR count). The van der Waals surface area contributed by atoms with E-state index in [0.29, 0.717) is 25.9 Å². The highest BCUT2D eigenvalue weighted by molar-refractivity contribution is 6.99. The normalized spacial score (nSPS) is 15.0. The molecule has 7 nitrogen and oxygen atoms in total. The van der Waals surface area contributed by atoms with Gasteiger partial charge in [0.15, 0.2) is 0 Å². The molecule has 0 saturated carbocycles. The summed E-state index contributed by atoms with van der Waals surface area (Å²) >= 11 is 0. The van der Waals surface area contributed by atoms with Gasteiger partial charge in [-0.3, -0.25) is 4.79 Å². The summed E-state index contributed by atoms with van der Waals surface area (Å²) in [5.74, 6) is -1.75. The second kappa shape index (κ2) is 15.9. The molecular weight excluding hydrogens is 570 g/mol. The zero-order valence-electron chi connectivity index (χ0n) is 28.2. The number of alkyl carbamates (subject to hydrolysis) is 1. The number of carbonyl (C=O) groups is 2. The van der Waals surface area contributed by atoms with E-state index in [0.717, 1.165) is 0 Å². The molecule has 0 aliphatic heterocycles. The number of ether oxygens (including phenoxy) is 1. The minimum absolute atomic E-state index is 0.00871. The van der Waals surface area contributed by atoms with Crippen LogP contribution in [0.15, 0.2) is 72.8 Å². The summed E-state index contributed by atoms with van der Waals surface area (Å²) < 4.78 is 12.6. The SMILES string of the molecule is CC=CCC(CC(O)C(CC(C)(C)CCO[Si](c1ccccc1)(c1ccccc1)C(C)(C)C)NC(=O)OC(C)(C)C)C(=O)O. The zero-order valence-corrected chi connectivity index (χ0v) is 29.2. The summed E-state index contributed by atoms with van der Waals surface area (Å²) in [6.45, 7) is 18.6. The van der Waals surface area contributed by atoms with E-state index in [1.54, 1.807) is 32.9 Å². The quantitative estimate of drug-likeness (QED) is 0.151. The number of carboxylic acid groups (broad SMARTS) is 1. The third kappa shape index (κ3) is 10.9. The van der Waals surface area contributed by atoms with Gasteiger partial charge in [0.1, 0.15) is 5.60 Å². The first-order valence-electron chi connectivity index (χ1n) is 15.7. The number of carboxylic acids is 1. The fourth-order valence-electron chi connectivity index (χ4n) is 5.74. The lowest BCUT2D eigenvalue weighted by Gasteiger charge is -2.44. The van der Waals surface area contributed by atoms with Gasteiger partial charge in [-0.15, -0.1) is 0 Å². The number of aliphatic hydroxyl groups excluding tert-OH is 1. The third-order valence-corrected chi connectivity index (χ3v) is 13.0. The van der Waals surface area contributed by atoms with E-state index in [-0.39, 0.29) is 16.9 Å². The molecule has 8 heteroatoms. The summed E-state index contributed by atoms with van der Waals surface area (Å²) in [5, 5.41) is 26.2. The standard InChI is InChI=1S/C36H55NO6Si/c1-10-11-18-27(32(39)40)25-31(38)30(37-33(41)43-34(2,3)4)26-36(8,9)23-24-42-44(35(5,6)7,28-19-14-12-15-20-28)29-21-16-13-17-22-29/h10-17,19-22,27,30-31,38H,18,23-26H2,1-9H3,(H,37,41)(H,39,40). The predicted molar refractivity (Wildman–Crippen MR) is 181 cm³/mol. The zero-order chi connectivity index (χ0) is 33.2. The van der Waals surface area contributed by atoms with Crippen LogP contribution < -0.4 is 15.7 Å². The van der Waals surface area contributed by atoms with Crippen molar-refractivity contribution in [2.45, 2.75) is 111 Å². The van der Waals surface area contributed by atoms with Gasteiger partial charge >= 0.3 is 12.1 Å². The van der Waals surface area contributed by atoms with Gasteiger partial charge in [0.05, 0.1) is 18.1 Å². The van der Waals surface area contributed by atoms with Crippen molar-refractivity contribution in [1.82, 2.24) is 5.32 Å². The Balaban J connectivity index is 2.33. The largest absolute Gasteiger partial charge is 0.481 e. The molecule has 0 saturated heterocycles. The average molecular weight is 626 g/mol. The number of hydrogen-bond donors (Lipinski definition) is 3. The number of nitrogens with one attached hydrogen (secondary N) is 1. The van der Waals surface area contributed by atoms with Gasteiger partial charge in [-0.05, 0) is 74.2 Å². The number of rotatable bonds is 15. The Kier molecular flexibility index (Phi) is 13.4. The fraction of sp³-hybridized carbons (Fsp3) is 0.556. The highest BCUT2D eigenvalue weighted by atomic mass is 28.4. The molecule has 3 atom stereocenters. The molecule has 0 spiro atoms. The molecule has 0 heterocycles. The number of benzene rings is 2. The molecule has 3 unspecified atom stereocenters. The topological polar surface area (TPSA) is 105 Å². The number of carbonyl (C=O) groups excluding carboxylic acids is 1. The molecule has 244 valence electrons. The van der Waals surface area contributed by atoms with Crippen LogP contribution in [-0.2, 0) is 14.0 Å². The number of aliphatic hydroxyl groups is 1. The molecule has 3 N–H and O–H groups in total. The number of aliphatic carboxylic acids is 1. The summed E-state index contributed by atoms with van der Waals surface area (Å²) in [6.07, 6.45) is 3.26. The Morgan fingerprint density at radius 1 is 0.909 bits per heavy atom. The molecule has 1 amide bonds. The van der Waals surface area contributed by atoms with E-state index < -0.39 is 44.0 Å². The molecule has 2 aromatic carbocycles. The highest BCUT2D eigenvalue weighted by Gasteiger charge is 2.50. The monoisotopic (exact) mass is 625 g/mol. The van der Waals surface area contributed by atoms with Crippen LogP contribution in [0.2, 0.25) is 5.04 Å². The molecule has 0 radical (unpaired) electrons. The van der Waals surface area contributed by atoms with E-state index >= 15 is 0 Å². The number of amides is 1. The van der Waals surface area contributed by atoms with Crippen LogP contribution in [0.1, 0.15) is 88.0 Å². The Labute approximate surface area is 266 Å². The second-order valence-electron chi connectivity index (χ2n) is 14.5. The van der Waals surface area contributed by atoms with Crippen molar-refractivity contribution < 1.29 is 29.0 Å². The lowest BCUT2D eigenvalue weighted by Crippen LogP contribution is -2.66. The number of hydrogen-bond acceptors (Lipinski definition) is 5. The van der Waals surface area contributed by atoms with Crippen molar-refractivity contribution in [2.75, 3.05) is 6.61 Å². The van der Waals surface area contributed by atoms with Gasteiger partial charge in [-0.25, -0.2) is 4.79 Å².